The molecule has 0 fully saturated rings. The Balaban J connectivity index is 2.16. The van der Waals surface area contributed by atoms with Crippen molar-refractivity contribution < 1.29 is 4.74 Å². The summed E-state index contributed by atoms with van der Waals surface area (Å²) < 4.78 is 5.37. The van der Waals surface area contributed by atoms with Gasteiger partial charge in [-0.2, -0.15) is 12.6 Å². The average molecular weight is 225 g/mol. The summed E-state index contributed by atoms with van der Waals surface area (Å²) in [7, 11) is 2.11. The molecule has 0 spiro atoms. The van der Waals surface area contributed by atoms with E-state index in [4.69, 9.17) is 4.74 Å². The standard InChI is InChI=1S/C12H19NOS/c1-13(7-8-14-9-10-15)11-12-5-3-2-4-6-12/h2-6,15H,7-11H2,1H3. The van der Waals surface area contributed by atoms with E-state index in [0.717, 1.165) is 32.1 Å². The van der Waals surface area contributed by atoms with Gasteiger partial charge in [-0.1, -0.05) is 30.3 Å². The maximum Gasteiger partial charge on any atom is 0.0593 e. The minimum absolute atomic E-state index is 0.738. The normalized spacial score (nSPS) is 10.9. The number of likely N-dealkylation sites (N-methyl/N-ethyl adjacent to an activating group) is 1. The van der Waals surface area contributed by atoms with Crippen molar-refractivity contribution in [2.75, 3.05) is 32.6 Å². The summed E-state index contributed by atoms with van der Waals surface area (Å²) >= 11 is 4.09. The fourth-order valence-corrected chi connectivity index (χ4v) is 1.49. The van der Waals surface area contributed by atoms with E-state index in [1.807, 2.05) is 6.07 Å². The third-order valence-corrected chi connectivity index (χ3v) is 2.33. The highest BCUT2D eigenvalue weighted by Crippen LogP contribution is 2.01. The number of nitrogens with zero attached hydrogens (tertiary/aromatic N) is 1. The third-order valence-electron chi connectivity index (χ3n) is 2.15. The van der Waals surface area contributed by atoms with Crippen LogP contribution in [0.15, 0.2) is 30.3 Å². The molecule has 1 rings (SSSR count). The number of hydrogen-bond acceptors (Lipinski definition) is 3. The van der Waals surface area contributed by atoms with Crippen molar-refractivity contribution in [3.05, 3.63) is 35.9 Å². The van der Waals surface area contributed by atoms with Crippen molar-refractivity contribution in [1.82, 2.24) is 4.90 Å². The molecule has 0 saturated heterocycles. The third kappa shape index (κ3) is 5.82. The molecule has 0 aliphatic carbocycles. The molecule has 3 heteroatoms. The molecule has 0 aromatic heterocycles. The highest BCUT2D eigenvalue weighted by atomic mass is 32.1. The van der Waals surface area contributed by atoms with Crippen molar-refractivity contribution in [2.45, 2.75) is 6.54 Å². The Morgan fingerprint density at radius 1 is 1.20 bits per heavy atom. The van der Waals surface area contributed by atoms with Crippen molar-refractivity contribution >= 4 is 12.6 Å². The zero-order valence-electron chi connectivity index (χ0n) is 9.22. The van der Waals surface area contributed by atoms with Crippen LogP contribution in [0.25, 0.3) is 0 Å². The molecule has 84 valence electrons. The molecule has 0 aliphatic rings. The molecular weight excluding hydrogens is 206 g/mol. The Bertz CT molecular complexity index is 253. The van der Waals surface area contributed by atoms with Gasteiger partial charge in [-0.3, -0.25) is 4.90 Å². The molecule has 1 aromatic carbocycles. The zero-order valence-corrected chi connectivity index (χ0v) is 10.1. The first-order valence-corrected chi connectivity index (χ1v) is 5.87. The summed E-state index contributed by atoms with van der Waals surface area (Å²) in [5.74, 6) is 0.794. The number of benzene rings is 1. The largest absolute Gasteiger partial charge is 0.379 e. The van der Waals surface area contributed by atoms with Crippen LogP contribution in [0.4, 0.5) is 0 Å². The molecule has 0 atom stereocenters. The number of thiol groups is 1. The first kappa shape index (κ1) is 12.6. The smallest absolute Gasteiger partial charge is 0.0593 e. The van der Waals surface area contributed by atoms with Crippen LogP contribution in [0, 0.1) is 0 Å². The minimum atomic E-state index is 0.738. The van der Waals surface area contributed by atoms with Crippen LogP contribution in [-0.2, 0) is 11.3 Å². The van der Waals surface area contributed by atoms with Gasteiger partial charge in [-0.05, 0) is 12.6 Å². The van der Waals surface area contributed by atoms with E-state index in [-0.39, 0.29) is 0 Å². The molecule has 0 aliphatic heterocycles. The number of hydrogen-bond donors (Lipinski definition) is 1. The van der Waals surface area contributed by atoms with Gasteiger partial charge in [0.05, 0.1) is 13.2 Å². The van der Waals surface area contributed by atoms with Gasteiger partial charge in [0.25, 0.3) is 0 Å². The Kier molecular flexibility index (Phi) is 6.48. The topological polar surface area (TPSA) is 12.5 Å². The predicted octanol–water partition coefficient (Wildman–Crippen LogP) is 2.06. The first-order valence-electron chi connectivity index (χ1n) is 5.24. The van der Waals surface area contributed by atoms with Crippen molar-refractivity contribution in [3.8, 4) is 0 Å². The minimum Gasteiger partial charge on any atom is -0.379 e. The summed E-state index contributed by atoms with van der Waals surface area (Å²) in [5, 5.41) is 0. The lowest BCUT2D eigenvalue weighted by Gasteiger charge is -2.16. The maximum absolute atomic E-state index is 5.37. The second kappa shape index (κ2) is 7.74. The first-order chi connectivity index (χ1) is 7.33. The van der Waals surface area contributed by atoms with Crippen LogP contribution in [0.2, 0.25) is 0 Å². The van der Waals surface area contributed by atoms with Gasteiger partial charge in [0.15, 0.2) is 0 Å². The van der Waals surface area contributed by atoms with Crippen LogP contribution >= 0.6 is 12.6 Å². The molecule has 0 amide bonds. The van der Waals surface area contributed by atoms with Gasteiger partial charge in [0, 0.05) is 18.8 Å². The molecule has 15 heavy (non-hydrogen) atoms. The second-order valence-corrected chi connectivity index (χ2v) is 4.01. The molecule has 0 unspecified atom stereocenters. The van der Waals surface area contributed by atoms with Gasteiger partial charge in [-0.25, -0.2) is 0 Å². The Morgan fingerprint density at radius 3 is 2.60 bits per heavy atom. The summed E-state index contributed by atoms with van der Waals surface area (Å²) in [6, 6.07) is 10.5. The number of ether oxygens (including phenoxy) is 1. The van der Waals surface area contributed by atoms with Gasteiger partial charge < -0.3 is 4.74 Å². The van der Waals surface area contributed by atoms with E-state index in [0.29, 0.717) is 0 Å². The summed E-state index contributed by atoms with van der Waals surface area (Å²) in [6.07, 6.45) is 0. The zero-order chi connectivity index (χ0) is 10.9. The van der Waals surface area contributed by atoms with Crippen molar-refractivity contribution in [3.63, 3.8) is 0 Å². The Morgan fingerprint density at radius 2 is 1.93 bits per heavy atom. The fourth-order valence-electron chi connectivity index (χ4n) is 1.36. The molecule has 0 saturated carbocycles. The van der Waals surface area contributed by atoms with E-state index in [9.17, 15) is 0 Å². The lowest BCUT2D eigenvalue weighted by atomic mass is 10.2. The highest BCUT2D eigenvalue weighted by molar-refractivity contribution is 7.80. The van der Waals surface area contributed by atoms with Crippen LogP contribution < -0.4 is 0 Å². The molecule has 0 bridgehead atoms. The Hall–Kier alpha value is -0.510. The van der Waals surface area contributed by atoms with Gasteiger partial charge >= 0.3 is 0 Å². The van der Waals surface area contributed by atoms with Crippen LogP contribution in [0.1, 0.15) is 5.56 Å². The van der Waals surface area contributed by atoms with Crippen molar-refractivity contribution in [2.24, 2.45) is 0 Å². The number of rotatable bonds is 7. The monoisotopic (exact) mass is 225 g/mol. The SMILES string of the molecule is CN(CCOCCS)Cc1ccccc1. The van der Waals surface area contributed by atoms with Gasteiger partial charge in [0.2, 0.25) is 0 Å². The van der Waals surface area contributed by atoms with Crippen LogP contribution in [-0.4, -0.2) is 37.5 Å². The summed E-state index contributed by atoms with van der Waals surface area (Å²) in [5.41, 5.74) is 1.34. The van der Waals surface area contributed by atoms with Crippen LogP contribution in [0.3, 0.4) is 0 Å². The second-order valence-electron chi connectivity index (χ2n) is 3.56. The highest BCUT2D eigenvalue weighted by Gasteiger charge is 1.99. The fraction of sp³-hybridized carbons (Fsp3) is 0.500. The van der Waals surface area contributed by atoms with E-state index < -0.39 is 0 Å². The van der Waals surface area contributed by atoms with E-state index in [1.54, 1.807) is 0 Å². The van der Waals surface area contributed by atoms with Gasteiger partial charge in [-0.15, -0.1) is 0 Å². The molecular formula is C12H19NOS. The molecule has 0 heterocycles. The van der Waals surface area contributed by atoms with Crippen LogP contribution in [0.5, 0.6) is 0 Å². The molecule has 1 aromatic rings. The van der Waals surface area contributed by atoms with E-state index in [1.165, 1.54) is 5.56 Å². The van der Waals surface area contributed by atoms with Crippen molar-refractivity contribution in [1.29, 1.82) is 0 Å². The van der Waals surface area contributed by atoms with Gasteiger partial charge in [0.1, 0.15) is 0 Å². The van der Waals surface area contributed by atoms with E-state index in [2.05, 4.69) is 48.8 Å². The lowest BCUT2D eigenvalue weighted by Crippen LogP contribution is -2.23. The van der Waals surface area contributed by atoms with E-state index >= 15 is 0 Å². The molecule has 0 N–H and O–H groups in total. The molecule has 0 radical (unpaired) electrons. The summed E-state index contributed by atoms with van der Waals surface area (Å²) in [6.45, 7) is 3.46. The molecule has 2 nitrogen and oxygen atoms in total. The quantitative estimate of drug-likeness (QED) is 0.563. The summed E-state index contributed by atoms with van der Waals surface area (Å²) in [4.78, 5) is 2.26. The lowest BCUT2D eigenvalue weighted by molar-refractivity contribution is 0.122. The predicted molar refractivity (Wildman–Crippen MR) is 67.4 cm³/mol. The average Bonchev–Trinajstić information content (AvgIpc) is 2.26. The Labute approximate surface area is 97.6 Å². The maximum atomic E-state index is 5.37.